The van der Waals surface area contributed by atoms with Crippen molar-refractivity contribution in [3.63, 3.8) is 0 Å². The minimum absolute atomic E-state index is 1.11. The Hall–Kier alpha value is -0.720. The van der Waals surface area contributed by atoms with Gasteiger partial charge in [-0.3, -0.25) is 0 Å². The van der Waals surface area contributed by atoms with Crippen LogP contribution in [0.25, 0.3) is 0 Å². The number of rotatable bonds is 2. The van der Waals surface area contributed by atoms with Crippen LogP contribution in [0.3, 0.4) is 0 Å². The minimum Gasteiger partial charge on any atom is -0.405 e. The Balaban J connectivity index is 4.10. The van der Waals surface area contributed by atoms with E-state index in [1.165, 1.54) is 11.1 Å². The summed E-state index contributed by atoms with van der Waals surface area (Å²) < 4.78 is 0. The lowest BCUT2D eigenvalue weighted by Crippen LogP contribution is -1.81. The van der Waals surface area contributed by atoms with Crippen LogP contribution in [0.1, 0.15) is 27.2 Å². The van der Waals surface area contributed by atoms with Crippen molar-refractivity contribution in [2.24, 2.45) is 5.73 Å². The fourth-order valence-corrected chi connectivity index (χ4v) is 0.565. The van der Waals surface area contributed by atoms with Gasteiger partial charge in [0.05, 0.1) is 0 Å². The van der Waals surface area contributed by atoms with Crippen molar-refractivity contribution < 1.29 is 0 Å². The molecule has 0 aliphatic rings. The van der Waals surface area contributed by atoms with Gasteiger partial charge in [0.2, 0.25) is 0 Å². The van der Waals surface area contributed by atoms with Crippen LogP contribution in [0.4, 0.5) is 0 Å². The average Bonchev–Trinajstić information content (AvgIpc) is 1.87. The highest BCUT2D eigenvalue weighted by Gasteiger charge is 1.86. The molecule has 1 heteroatoms. The molecule has 0 spiro atoms. The molecule has 0 aromatic rings. The van der Waals surface area contributed by atoms with E-state index in [9.17, 15) is 0 Å². The van der Waals surface area contributed by atoms with Gasteiger partial charge >= 0.3 is 0 Å². The van der Waals surface area contributed by atoms with Crippen molar-refractivity contribution in [2.45, 2.75) is 27.2 Å². The number of hydrogen-bond acceptors (Lipinski definition) is 1. The Labute approximate surface area is 57.3 Å². The smallest absolute Gasteiger partial charge is 0.00597 e. The summed E-state index contributed by atoms with van der Waals surface area (Å²) in [6.07, 6.45) is 4.61. The Morgan fingerprint density at radius 1 is 1.44 bits per heavy atom. The van der Waals surface area contributed by atoms with Gasteiger partial charge < -0.3 is 5.73 Å². The van der Waals surface area contributed by atoms with Crippen LogP contribution >= 0.6 is 0 Å². The maximum atomic E-state index is 5.21. The molecule has 0 radical (unpaired) electrons. The predicted molar refractivity (Wildman–Crippen MR) is 42.0 cm³/mol. The highest BCUT2D eigenvalue weighted by molar-refractivity contribution is 5.21. The third-order valence-corrected chi connectivity index (χ3v) is 1.55. The van der Waals surface area contributed by atoms with Gasteiger partial charge in [-0.05, 0) is 32.5 Å². The van der Waals surface area contributed by atoms with E-state index in [-0.39, 0.29) is 0 Å². The topological polar surface area (TPSA) is 26.0 Å². The zero-order valence-corrected chi connectivity index (χ0v) is 6.44. The highest BCUT2D eigenvalue weighted by Crippen LogP contribution is 2.06. The molecule has 0 saturated carbocycles. The van der Waals surface area contributed by atoms with Crippen molar-refractivity contribution >= 4 is 0 Å². The van der Waals surface area contributed by atoms with Crippen LogP contribution in [0, 0.1) is 0 Å². The molecule has 0 bridgehead atoms. The van der Waals surface area contributed by atoms with E-state index in [1.54, 1.807) is 6.20 Å². The van der Waals surface area contributed by atoms with Crippen molar-refractivity contribution in [1.29, 1.82) is 0 Å². The van der Waals surface area contributed by atoms with Crippen molar-refractivity contribution in [1.82, 2.24) is 0 Å². The fourth-order valence-electron chi connectivity index (χ4n) is 0.565. The molecule has 0 heterocycles. The minimum atomic E-state index is 1.11. The molecule has 0 unspecified atom stereocenters. The molecule has 0 aromatic carbocycles. The molecule has 0 aliphatic carbocycles. The van der Waals surface area contributed by atoms with Crippen molar-refractivity contribution in [3.05, 3.63) is 23.4 Å². The summed E-state index contributed by atoms with van der Waals surface area (Å²) in [5, 5.41) is 0. The summed E-state index contributed by atoms with van der Waals surface area (Å²) in [5.41, 5.74) is 7.88. The Bertz CT molecular complexity index is 132. The van der Waals surface area contributed by atoms with E-state index in [2.05, 4.69) is 20.8 Å². The number of allylic oxidation sites excluding steroid dienone is 3. The lowest BCUT2D eigenvalue weighted by molar-refractivity contribution is 1.07. The van der Waals surface area contributed by atoms with E-state index in [4.69, 9.17) is 5.73 Å². The number of hydrogen-bond donors (Lipinski definition) is 1. The molecular weight excluding hydrogens is 110 g/mol. The molecule has 0 amide bonds. The molecule has 0 aromatic heterocycles. The Kier molecular flexibility index (Phi) is 3.85. The third-order valence-electron chi connectivity index (χ3n) is 1.55. The lowest BCUT2D eigenvalue weighted by Gasteiger charge is -1.97. The van der Waals surface area contributed by atoms with Gasteiger partial charge in [-0.15, -0.1) is 0 Å². The standard InChI is InChI=1S/C8H15N/c1-4-7(2)8(3)5-6-9/h5-6H,4,9H2,1-3H3. The van der Waals surface area contributed by atoms with Gasteiger partial charge in [0.1, 0.15) is 0 Å². The van der Waals surface area contributed by atoms with Gasteiger partial charge in [0.25, 0.3) is 0 Å². The molecule has 0 fully saturated rings. The first-order valence-electron chi connectivity index (χ1n) is 3.27. The monoisotopic (exact) mass is 125 g/mol. The molecule has 0 saturated heterocycles. The first-order valence-corrected chi connectivity index (χ1v) is 3.27. The summed E-state index contributed by atoms with van der Waals surface area (Å²) in [5.74, 6) is 0. The summed E-state index contributed by atoms with van der Waals surface area (Å²) >= 11 is 0. The van der Waals surface area contributed by atoms with E-state index in [0.29, 0.717) is 0 Å². The van der Waals surface area contributed by atoms with Gasteiger partial charge in [-0.25, -0.2) is 0 Å². The zero-order valence-electron chi connectivity index (χ0n) is 6.44. The maximum absolute atomic E-state index is 5.21. The normalized spacial score (nSPS) is 14.1. The molecule has 1 nitrogen and oxygen atoms in total. The SMILES string of the molecule is CCC(C)=C(C)C=CN. The molecule has 0 aliphatic heterocycles. The van der Waals surface area contributed by atoms with Crippen molar-refractivity contribution in [2.75, 3.05) is 0 Å². The average molecular weight is 125 g/mol. The predicted octanol–water partition coefficient (Wildman–Crippen LogP) is 2.21. The molecule has 0 rings (SSSR count). The molecule has 2 N–H and O–H groups in total. The third kappa shape index (κ3) is 2.96. The molecule has 9 heavy (non-hydrogen) atoms. The fraction of sp³-hybridized carbons (Fsp3) is 0.500. The van der Waals surface area contributed by atoms with Crippen LogP contribution in [0.15, 0.2) is 23.4 Å². The van der Waals surface area contributed by atoms with Gasteiger partial charge in [-0.1, -0.05) is 18.1 Å². The van der Waals surface area contributed by atoms with Crippen molar-refractivity contribution in [3.8, 4) is 0 Å². The van der Waals surface area contributed by atoms with Crippen LogP contribution < -0.4 is 5.73 Å². The largest absolute Gasteiger partial charge is 0.405 e. The Morgan fingerprint density at radius 3 is 2.33 bits per heavy atom. The maximum Gasteiger partial charge on any atom is -0.00597 e. The Morgan fingerprint density at radius 2 is 2.00 bits per heavy atom. The summed E-state index contributed by atoms with van der Waals surface area (Å²) in [4.78, 5) is 0. The zero-order chi connectivity index (χ0) is 7.28. The second-order valence-corrected chi connectivity index (χ2v) is 2.18. The molecule has 52 valence electrons. The van der Waals surface area contributed by atoms with Gasteiger partial charge in [-0.2, -0.15) is 0 Å². The molecular formula is C8H15N. The highest BCUT2D eigenvalue weighted by atomic mass is 14.5. The van der Waals surface area contributed by atoms with E-state index >= 15 is 0 Å². The van der Waals surface area contributed by atoms with E-state index in [0.717, 1.165) is 6.42 Å². The van der Waals surface area contributed by atoms with Gasteiger partial charge in [0.15, 0.2) is 0 Å². The molecule has 0 atom stereocenters. The second kappa shape index (κ2) is 4.19. The summed E-state index contributed by atoms with van der Waals surface area (Å²) in [7, 11) is 0. The van der Waals surface area contributed by atoms with Crippen LogP contribution in [-0.2, 0) is 0 Å². The second-order valence-electron chi connectivity index (χ2n) is 2.18. The van der Waals surface area contributed by atoms with Crippen LogP contribution in [0.2, 0.25) is 0 Å². The first kappa shape index (κ1) is 8.28. The summed E-state index contributed by atoms with van der Waals surface area (Å²) in [6, 6.07) is 0. The van der Waals surface area contributed by atoms with Crippen LogP contribution in [-0.4, -0.2) is 0 Å². The van der Waals surface area contributed by atoms with E-state index in [1.807, 2.05) is 6.08 Å². The van der Waals surface area contributed by atoms with E-state index < -0.39 is 0 Å². The van der Waals surface area contributed by atoms with Gasteiger partial charge in [0, 0.05) is 0 Å². The first-order chi connectivity index (χ1) is 4.22. The lowest BCUT2D eigenvalue weighted by atomic mass is 10.1. The quantitative estimate of drug-likeness (QED) is 0.562. The summed E-state index contributed by atoms with van der Waals surface area (Å²) in [6.45, 7) is 6.33. The number of nitrogens with two attached hydrogens (primary N) is 1. The van der Waals surface area contributed by atoms with Crippen LogP contribution in [0.5, 0.6) is 0 Å².